The molecule has 1 N–H and O–H groups in total. The fourth-order valence-electron chi connectivity index (χ4n) is 1.84. The molecule has 0 aliphatic carbocycles. The van der Waals surface area contributed by atoms with Gasteiger partial charge in [0.2, 0.25) is 10.0 Å². The Morgan fingerprint density at radius 2 is 2.15 bits per heavy atom. The van der Waals surface area contributed by atoms with Gasteiger partial charge in [-0.1, -0.05) is 33.2 Å². The number of nitrogens with zero attached hydrogens (tertiary/aromatic N) is 1. The minimum Gasteiger partial charge on any atom is -0.361 e. The van der Waals surface area contributed by atoms with E-state index in [0.717, 1.165) is 10.0 Å². The van der Waals surface area contributed by atoms with Gasteiger partial charge in [-0.2, -0.15) is 0 Å². The van der Waals surface area contributed by atoms with Crippen molar-refractivity contribution in [1.82, 2.24) is 9.88 Å². The fourth-order valence-corrected chi connectivity index (χ4v) is 3.54. The molecule has 5 nitrogen and oxygen atoms in total. The average Bonchev–Trinajstić information content (AvgIpc) is 2.73. The zero-order valence-electron chi connectivity index (χ0n) is 11.1. The van der Waals surface area contributed by atoms with Gasteiger partial charge in [0.05, 0.1) is 0 Å². The van der Waals surface area contributed by atoms with E-state index in [1.807, 2.05) is 24.3 Å². The van der Waals surface area contributed by atoms with Gasteiger partial charge in [0.25, 0.3) is 0 Å². The molecule has 1 unspecified atom stereocenters. The summed E-state index contributed by atoms with van der Waals surface area (Å²) >= 11 is 3.37. The molecule has 1 aromatic heterocycles. The van der Waals surface area contributed by atoms with Gasteiger partial charge in [-0.15, -0.1) is 0 Å². The molecule has 108 valence electrons. The highest BCUT2D eigenvalue weighted by Crippen LogP contribution is 2.19. The van der Waals surface area contributed by atoms with Gasteiger partial charge < -0.3 is 4.52 Å². The van der Waals surface area contributed by atoms with E-state index in [2.05, 4.69) is 25.8 Å². The van der Waals surface area contributed by atoms with Crippen molar-refractivity contribution in [2.75, 3.05) is 0 Å². The molecule has 7 heteroatoms. The van der Waals surface area contributed by atoms with Crippen LogP contribution in [0.25, 0.3) is 0 Å². The van der Waals surface area contributed by atoms with Crippen LogP contribution < -0.4 is 4.72 Å². The molecule has 0 fully saturated rings. The third-order valence-corrected chi connectivity index (χ3v) is 4.60. The molecule has 1 heterocycles. The van der Waals surface area contributed by atoms with Crippen molar-refractivity contribution in [3.05, 3.63) is 51.8 Å². The summed E-state index contributed by atoms with van der Waals surface area (Å²) in [7, 11) is -3.47. The fraction of sp³-hybridized carbons (Fsp3) is 0.308. The van der Waals surface area contributed by atoms with Crippen molar-refractivity contribution in [2.24, 2.45) is 0 Å². The highest BCUT2D eigenvalue weighted by Gasteiger charge is 2.18. The van der Waals surface area contributed by atoms with Gasteiger partial charge in [-0.05, 0) is 31.5 Å². The Balaban J connectivity index is 2.08. The van der Waals surface area contributed by atoms with Crippen molar-refractivity contribution in [3.8, 4) is 0 Å². The van der Waals surface area contributed by atoms with Gasteiger partial charge in [0.1, 0.15) is 17.2 Å². The van der Waals surface area contributed by atoms with E-state index in [4.69, 9.17) is 4.52 Å². The Kier molecular flexibility index (Phi) is 4.62. The Morgan fingerprint density at radius 3 is 2.75 bits per heavy atom. The van der Waals surface area contributed by atoms with E-state index < -0.39 is 10.0 Å². The molecule has 1 aromatic carbocycles. The van der Waals surface area contributed by atoms with Crippen LogP contribution in [0.3, 0.4) is 0 Å². The number of benzene rings is 1. The lowest BCUT2D eigenvalue weighted by Crippen LogP contribution is -2.28. The smallest absolute Gasteiger partial charge is 0.218 e. The van der Waals surface area contributed by atoms with E-state index in [0.29, 0.717) is 11.5 Å². The summed E-state index contributed by atoms with van der Waals surface area (Å²) in [5.74, 6) is 0.401. The summed E-state index contributed by atoms with van der Waals surface area (Å²) in [6.45, 7) is 3.52. The van der Waals surface area contributed by atoms with E-state index >= 15 is 0 Å². The normalized spacial score (nSPS) is 13.3. The highest BCUT2D eigenvalue weighted by molar-refractivity contribution is 9.10. The molecule has 0 aliphatic heterocycles. The van der Waals surface area contributed by atoms with Gasteiger partial charge in [-0.3, -0.25) is 0 Å². The second-order valence-corrected chi connectivity index (χ2v) is 7.25. The molecule has 0 bridgehead atoms. The molecule has 1 atom stereocenters. The minimum atomic E-state index is -3.47. The second kappa shape index (κ2) is 6.07. The summed E-state index contributed by atoms with van der Waals surface area (Å²) in [5, 5.41) is 3.69. The first-order chi connectivity index (χ1) is 9.35. The Labute approximate surface area is 126 Å². The van der Waals surface area contributed by atoms with Gasteiger partial charge in [0.15, 0.2) is 0 Å². The zero-order valence-corrected chi connectivity index (χ0v) is 13.5. The van der Waals surface area contributed by atoms with E-state index in [9.17, 15) is 8.42 Å². The molecule has 0 spiro atoms. The lowest BCUT2D eigenvalue weighted by atomic mass is 10.1. The summed E-state index contributed by atoms with van der Waals surface area (Å²) in [6.07, 6.45) is 0. The molecule has 2 rings (SSSR count). The van der Waals surface area contributed by atoms with Gasteiger partial charge >= 0.3 is 0 Å². The standard InChI is InChI=1S/C13H15BrN2O3S/c1-9-6-13(15-19-9)8-20(17,18)16-10(2)11-4-3-5-12(14)7-11/h3-7,10,16H,8H2,1-2H3. The number of nitrogens with one attached hydrogen (secondary N) is 1. The van der Waals surface area contributed by atoms with E-state index in [1.54, 1.807) is 19.9 Å². The van der Waals surface area contributed by atoms with Crippen molar-refractivity contribution in [1.29, 1.82) is 0 Å². The molecular formula is C13H15BrN2O3S. The lowest BCUT2D eigenvalue weighted by Gasteiger charge is -2.14. The predicted molar refractivity (Wildman–Crippen MR) is 79.6 cm³/mol. The number of hydrogen-bond acceptors (Lipinski definition) is 4. The van der Waals surface area contributed by atoms with Crippen LogP contribution in [0.4, 0.5) is 0 Å². The lowest BCUT2D eigenvalue weighted by molar-refractivity contribution is 0.392. The van der Waals surface area contributed by atoms with Crippen LogP contribution in [-0.4, -0.2) is 13.6 Å². The summed E-state index contributed by atoms with van der Waals surface area (Å²) in [6, 6.07) is 8.81. The molecule has 0 saturated carbocycles. The predicted octanol–water partition coefficient (Wildman–Crippen LogP) is 2.93. The Bertz CT molecular complexity index is 697. The number of halogens is 1. The van der Waals surface area contributed by atoms with Crippen molar-refractivity contribution in [3.63, 3.8) is 0 Å². The quantitative estimate of drug-likeness (QED) is 0.891. The molecule has 0 amide bonds. The number of hydrogen-bond donors (Lipinski definition) is 1. The average molecular weight is 359 g/mol. The number of sulfonamides is 1. The minimum absolute atomic E-state index is 0.192. The third kappa shape index (κ3) is 4.16. The monoisotopic (exact) mass is 358 g/mol. The van der Waals surface area contributed by atoms with Crippen molar-refractivity contribution >= 4 is 26.0 Å². The molecule has 20 heavy (non-hydrogen) atoms. The van der Waals surface area contributed by atoms with Gasteiger partial charge in [0, 0.05) is 16.6 Å². The second-order valence-electron chi connectivity index (χ2n) is 4.58. The first-order valence-corrected chi connectivity index (χ1v) is 8.48. The van der Waals surface area contributed by atoms with E-state index in [1.165, 1.54) is 0 Å². The van der Waals surface area contributed by atoms with Crippen molar-refractivity contribution < 1.29 is 12.9 Å². The third-order valence-electron chi connectivity index (χ3n) is 2.72. The summed E-state index contributed by atoms with van der Waals surface area (Å²) in [4.78, 5) is 0. The van der Waals surface area contributed by atoms with Crippen LogP contribution in [0.1, 0.15) is 30.0 Å². The van der Waals surface area contributed by atoms with Crippen LogP contribution in [0.2, 0.25) is 0 Å². The highest BCUT2D eigenvalue weighted by atomic mass is 79.9. The first-order valence-electron chi connectivity index (χ1n) is 6.03. The SMILES string of the molecule is Cc1cc(CS(=O)(=O)NC(C)c2cccc(Br)c2)no1. The maximum Gasteiger partial charge on any atom is 0.218 e. The largest absolute Gasteiger partial charge is 0.361 e. The Morgan fingerprint density at radius 1 is 1.40 bits per heavy atom. The van der Waals surface area contributed by atoms with Crippen LogP contribution in [0.15, 0.2) is 39.3 Å². The molecule has 0 radical (unpaired) electrons. The van der Waals surface area contributed by atoms with Crippen molar-refractivity contribution in [2.45, 2.75) is 25.6 Å². The number of aryl methyl sites for hydroxylation is 1. The van der Waals surface area contributed by atoms with E-state index in [-0.39, 0.29) is 11.8 Å². The summed E-state index contributed by atoms with van der Waals surface area (Å²) in [5.41, 5.74) is 1.29. The maximum atomic E-state index is 12.1. The van der Waals surface area contributed by atoms with Crippen LogP contribution in [0.5, 0.6) is 0 Å². The molecule has 0 aliphatic rings. The number of aromatic nitrogens is 1. The topological polar surface area (TPSA) is 72.2 Å². The first kappa shape index (κ1) is 15.2. The maximum absolute atomic E-state index is 12.1. The zero-order chi connectivity index (χ0) is 14.8. The molecule has 0 saturated heterocycles. The van der Waals surface area contributed by atoms with Crippen LogP contribution in [0, 0.1) is 6.92 Å². The Hall–Kier alpha value is -1.18. The van der Waals surface area contributed by atoms with Crippen LogP contribution in [-0.2, 0) is 15.8 Å². The molecular weight excluding hydrogens is 344 g/mol. The number of rotatable bonds is 5. The summed E-state index contributed by atoms with van der Waals surface area (Å²) < 4.78 is 32.6. The van der Waals surface area contributed by atoms with Crippen LogP contribution >= 0.6 is 15.9 Å². The molecule has 2 aromatic rings. The van der Waals surface area contributed by atoms with Gasteiger partial charge in [-0.25, -0.2) is 13.1 Å².